The van der Waals surface area contributed by atoms with Crippen molar-refractivity contribution in [1.82, 2.24) is 0 Å². The average Bonchev–Trinajstić information content (AvgIpc) is 2.26. The van der Waals surface area contributed by atoms with Gasteiger partial charge in [-0.2, -0.15) is 0 Å². The van der Waals surface area contributed by atoms with Crippen molar-refractivity contribution >= 4 is 23.5 Å². The fourth-order valence-electron chi connectivity index (χ4n) is 0.997. The zero-order valence-electron chi connectivity index (χ0n) is 7.77. The number of benzene rings is 1. The van der Waals surface area contributed by atoms with Crippen LogP contribution in [-0.2, 0) is 16.1 Å². The van der Waals surface area contributed by atoms with Gasteiger partial charge in [-0.15, -0.1) is 11.6 Å². The maximum absolute atomic E-state index is 10.7. The summed E-state index contributed by atoms with van der Waals surface area (Å²) in [5, 5.41) is 8.70. The van der Waals surface area contributed by atoms with Gasteiger partial charge in [0.2, 0.25) is 0 Å². The van der Waals surface area contributed by atoms with Crippen molar-refractivity contribution in [3.05, 3.63) is 35.4 Å². The number of hydrogen-bond donors (Lipinski definition) is 1. The first-order valence-corrected chi connectivity index (χ1v) is 4.70. The maximum atomic E-state index is 10.7. The number of alkyl halides is 1. The van der Waals surface area contributed by atoms with Crippen molar-refractivity contribution in [2.45, 2.75) is 6.61 Å². The molecule has 1 N–H and O–H groups in total. The molecule has 0 fully saturated rings. The number of halogens is 1. The monoisotopic (exact) mass is 228 g/mol. The molecule has 0 aliphatic carbocycles. The van der Waals surface area contributed by atoms with Crippen LogP contribution in [0.15, 0.2) is 24.3 Å². The van der Waals surface area contributed by atoms with Gasteiger partial charge in [0.15, 0.2) is 0 Å². The van der Waals surface area contributed by atoms with E-state index in [0.29, 0.717) is 5.56 Å². The maximum Gasteiger partial charge on any atom is 0.335 e. The van der Waals surface area contributed by atoms with Crippen molar-refractivity contribution in [3.63, 3.8) is 0 Å². The van der Waals surface area contributed by atoms with Gasteiger partial charge in [-0.3, -0.25) is 4.79 Å². The van der Waals surface area contributed by atoms with E-state index >= 15 is 0 Å². The van der Waals surface area contributed by atoms with Crippen LogP contribution in [-0.4, -0.2) is 22.9 Å². The number of carbonyl (C=O) groups is 2. The van der Waals surface area contributed by atoms with Gasteiger partial charge in [-0.05, 0) is 17.7 Å². The minimum Gasteiger partial charge on any atom is -0.478 e. The highest BCUT2D eigenvalue weighted by Crippen LogP contribution is 2.06. The second kappa shape index (κ2) is 5.36. The van der Waals surface area contributed by atoms with Crippen molar-refractivity contribution in [2.24, 2.45) is 0 Å². The number of rotatable bonds is 4. The van der Waals surface area contributed by atoms with Gasteiger partial charge in [-0.1, -0.05) is 12.1 Å². The predicted octanol–water partition coefficient (Wildman–Crippen LogP) is 1.67. The highest BCUT2D eigenvalue weighted by Gasteiger charge is 2.05. The lowest BCUT2D eigenvalue weighted by atomic mass is 10.1. The number of carboxylic acid groups (broad SMARTS) is 1. The SMILES string of the molecule is O=C(CCl)OCc1cccc(C(=O)O)c1. The summed E-state index contributed by atoms with van der Waals surface area (Å²) in [4.78, 5) is 21.4. The lowest BCUT2D eigenvalue weighted by molar-refractivity contribution is -0.141. The van der Waals surface area contributed by atoms with E-state index in [0.717, 1.165) is 0 Å². The van der Waals surface area contributed by atoms with Crippen LogP contribution in [0.4, 0.5) is 0 Å². The Morgan fingerprint density at radius 1 is 1.40 bits per heavy atom. The molecule has 0 heterocycles. The topological polar surface area (TPSA) is 63.6 Å². The van der Waals surface area contributed by atoms with Gasteiger partial charge in [0, 0.05) is 0 Å². The standard InChI is InChI=1S/C10H9ClO4/c11-5-9(12)15-6-7-2-1-3-8(4-7)10(13)14/h1-4H,5-6H2,(H,13,14). The van der Waals surface area contributed by atoms with Crippen LogP contribution in [0.1, 0.15) is 15.9 Å². The summed E-state index contributed by atoms with van der Waals surface area (Å²) in [5.74, 6) is -1.75. The smallest absolute Gasteiger partial charge is 0.335 e. The van der Waals surface area contributed by atoms with Crippen LogP contribution < -0.4 is 0 Å². The fraction of sp³-hybridized carbons (Fsp3) is 0.200. The molecule has 0 aromatic heterocycles. The third-order valence-electron chi connectivity index (χ3n) is 1.68. The summed E-state index contributed by atoms with van der Waals surface area (Å²) in [5.41, 5.74) is 0.780. The Kier molecular flexibility index (Phi) is 4.12. The molecule has 0 saturated heterocycles. The Morgan fingerprint density at radius 3 is 2.73 bits per heavy atom. The molecule has 4 nitrogen and oxygen atoms in total. The minimum absolute atomic E-state index is 0.0344. The fourth-order valence-corrected chi connectivity index (χ4v) is 1.07. The molecule has 0 atom stereocenters. The first-order chi connectivity index (χ1) is 7.13. The van der Waals surface area contributed by atoms with Crippen LogP contribution in [0, 0.1) is 0 Å². The second-order valence-corrected chi connectivity index (χ2v) is 3.07. The quantitative estimate of drug-likeness (QED) is 0.629. The van der Waals surface area contributed by atoms with E-state index in [4.69, 9.17) is 21.4 Å². The van der Waals surface area contributed by atoms with Gasteiger partial charge in [0.1, 0.15) is 12.5 Å². The van der Waals surface area contributed by atoms with E-state index < -0.39 is 11.9 Å². The molecule has 0 bridgehead atoms. The summed E-state index contributed by atoms with van der Waals surface area (Å²) < 4.78 is 4.75. The Balaban J connectivity index is 2.66. The number of ether oxygens (including phenoxy) is 1. The molecular weight excluding hydrogens is 220 g/mol. The highest BCUT2D eigenvalue weighted by molar-refractivity contribution is 6.26. The molecule has 1 aromatic carbocycles. The molecule has 80 valence electrons. The Labute approximate surface area is 91.4 Å². The van der Waals surface area contributed by atoms with Gasteiger partial charge >= 0.3 is 11.9 Å². The van der Waals surface area contributed by atoms with Crippen molar-refractivity contribution < 1.29 is 19.4 Å². The summed E-state index contributed by atoms with van der Waals surface area (Å²) in [7, 11) is 0. The molecule has 0 unspecified atom stereocenters. The first-order valence-electron chi connectivity index (χ1n) is 4.17. The van der Waals surface area contributed by atoms with Crippen LogP contribution >= 0.6 is 11.6 Å². The largest absolute Gasteiger partial charge is 0.478 e. The molecule has 0 spiro atoms. The Morgan fingerprint density at radius 2 is 2.13 bits per heavy atom. The normalized spacial score (nSPS) is 9.67. The van der Waals surface area contributed by atoms with E-state index in [1.54, 1.807) is 12.1 Å². The van der Waals surface area contributed by atoms with E-state index in [2.05, 4.69) is 0 Å². The molecular formula is C10H9ClO4. The molecule has 0 amide bonds. The van der Waals surface area contributed by atoms with Crippen molar-refractivity contribution in [2.75, 3.05) is 5.88 Å². The van der Waals surface area contributed by atoms with Crippen LogP contribution in [0.5, 0.6) is 0 Å². The van der Waals surface area contributed by atoms with Crippen LogP contribution in [0.3, 0.4) is 0 Å². The molecule has 0 radical (unpaired) electrons. The first kappa shape index (κ1) is 11.5. The summed E-state index contributed by atoms with van der Waals surface area (Å²) in [6, 6.07) is 6.18. The Bertz CT molecular complexity index is 375. The lowest BCUT2D eigenvalue weighted by Crippen LogP contribution is -2.06. The summed E-state index contributed by atoms with van der Waals surface area (Å²) in [6.07, 6.45) is 0. The average molecular weight is 229 g/mol. The van der Waals surface area contributed by atoms with Crippen molar-refractivity contribution in [3.8, 4) is 0 Å². The third kappa shape index (κ3) is 3.59. The van der Waals surface area contributed by atoms with Crippen LogP contribution in [0.25, 0.3) is 0 Å². The number of esters is 1. The number of hydrogen-bond acceptors (Lipinski definition) is 3. The predicted molar refractivity (Wildman–Crippen MR) is 53.9 cm³/mol. The molecule has 15 heavy (non-hydrogen) atoms. The molecule has 1 rings (SSSR count). The Hall–Kier alpha value is -1.55. The second-order valence-electron chi connectivity index (χ2n) is 2.80. The summed E-state index contributed by atoms with van der Waals surface area (Å²) in [6.45, 7) is 0.0344. The molecule has 5 heteroatoms. The van der Waals surface area contributed by atoms with E-state index in [1.807, 2.05) is 0 Å². The lowest BCUT2D eigenvalue weighted by Gasteiger charge is -2.03. The number of carbonyl (C=O) groups excluding carboxylic acids is 1. The van der Waals surface area contributed by atoms with E-state index in [1.165, 1.54) is 12.1 Å². The molecule has 0 aliphatic heterocycles. The highest BCUT2D eigenvalue weighted by atomic mass is 35.5. The van der Waals surface area contributed by atoms with E-state index in [-0.39, 0.29) is 18.1 Å². The van der Waals surface area contributed by atoms with Gasteiger partial charge in [-0.25, -0.2) is 4.79 Å². The molecule has 0 saturated carbocycles. The summed E-state index contributed by atoms with van der Waals surface area (Å²) >= 11 is 5.23. The zero-order valence-corrected chi connectivity index (χ0v) is 8.53. The number of carboxylic acids is 1. The van der Waals surface area contributed by atoms with Gasteiger partial charge in [0.05, 0.1) is 5.56 Å². The zero-order chi connectivity index (χ0) is 11.3. The van der Waals surface area contributed by atoms with Gasteiger partial charge in [0.25, 0.3) is 0 Å². The third-order valence-corrected chi connectivity index (χ3v) is 1.90. The molecule has 1 aromatic rings. The van der Waals surface area contributed by atoms with Crippen LogP contribution in [0.2, 0.25) is 0 Å². The number of aromatic carboxylic acids is 1. The molecule has 0 aliphatic rings. The minimum atomic E-state index is -1.01. The van der Waals surface area contributed by atoms with E-state index in [9.17, 15) is 9.59 Å². The van der Waals surface area contributed by atoms with Gasteiger partial charge < -0.3 is 9.84 Å². The van der Waals surface area contributed by atoms with Crippen molar-refractivity contribution in [1.29, 1.82) is 0 Å².